The molecule has 0 aliphatic heterocycles. The molecule has 0 spiro atoms. The van der Waals surface area contributed by atoms with Crippen LogP contribution < -0.4 is 5.32 Å². The average molecular weight is 372 g/mol. The molecule has 3 heterocycles. The predicted octanol–water partition coefficient (Wildman–Crippen LogP) is 4.05. The molecule has 0 unspecified atom stereocenters. The Morgan fingerprint density at radius 1 is 1.11 bits per heavy atom. The molecule has 1 aliphatic rings. The largest absolute Gasteiger partial charge is 0.325 e. The lowest BCUT2D eigenvalue weighted by molar-refractivity contribution is 0.102. The third kappa shape index (κ3) is 2.89. The summed E-state index contributed by atoms with van der Waals surface area (Å²) >= 11 is 0. The molecule has 5 rings (SSSR count). The number of fused-ring (bicyclic) bond motifs is 3. The van der Waals surface area contributed by atoms with Crippen molar-refractivity contribution < 1.29 is 4.79 Å². The summed E-state index contributed by atoms with van der Waals surface area (Å²) in [6.45, 7) is 1.91. The number of benzene rings is 1. The van der Waals surface area contributed by atoms with Crippen LogP contribution in [-0.4, -0.2) is 30.6 Å². The maximum atomic E-state index is 12.8. The van der Waals surface area contributed by atoms with Crippen LogP contribution in [0.15, 0.2) is 42.9 Å². The normalized spacial score (nSPS) is 14.8. The fourth-order valence-corrected chi connectivity index (χ4v) is 3.94. The maximum Gasteiger partial charge on any atom is 0.255 e. The van der Waals surface area contributed by atoms with E-state index in [2.05, 4.69) is 30.0 Å². The SMILES string of the molecule is Cc1ccc(NC(=O)c2ccc3nnc4ncn(C5CCCC5)c4c3c2)cn1. The Morgan fingerprint density at radius 3 is 2.75 bits per heavy atom. The van der Waals surface area contributed by atoms with Crippen LogP contribution in [0.1, 0.15) is 47.8 Å². The first-order valence-electron chi connectivity index (χ1n) is 9.56. The topological polar surface area (TPSA) is 85.6 Å². The van der Waals surface area contributed by atoms with Gasteiger partial charge in [-0.1, -0.05) is 12.8 Å². The van der Waals surface area contributed by atoms with Gasteiger partial charge >= 0.3 is 0 Å². The highest BCUT2D eigenvalue weighted by Gasteiger charge is 2.21. The summed E-state index contributed by atoms with van der Waals surface area (Å²) in [5.41, 5.74) is 4.50. The van der Waals surface area contributed by atoms with Gasteiger partial charge in [0.05, 0.1) is 29.2 Å². The zero-order valence-corrected chi connectivity index (χ0v) is 15.6. The van der Waals surface area contributed by atoms with E-state index in [-0.39, 0.29) is 5.91 Å². The van der Waals surface area contributed by atoms with E-state index in [1.807, 2.05) is 37.5 Å². The Kier molecular flexibility index (Phi) is 4.00. The molecule has 0 bridgehead atoms. The van der Waals surface area contributed by atoms with E-state index in [4.69, 9.17) is 0 Å². The van der Waals surface area contributed by atoms with Crippen molar-refractivity contribution in [3.05, 3.63) is 54.1 Å². The molecule has 1 amide bonds. The minimum absolute atomic E-state index is 0.176. The number of pyridine rings is 1. The first kappa shape index (κ1) is 16.8. The van der Waals surface area contributed by atoms with Crippen LogP contribution in [-0.2, 0) is 0 Å². The van der Waals surface area contributed by atoms with Gasteiger partial charge in [0.2, 0.25) is 5.65 Å². The number of nitrogens with zero attached hydrogens (tertiary/aromatic N) is 5. The lowest BCUT2D eigenvalue weighted by atomic mass is 10.1. The summed E-state index contributed by atoms with van der Waals surface area (Å²) in [6, 6.07) is 9.66. The first-order chi connectivity index (χ1) is 13.7. The Bertz CT molecular complexity index is 1170. The van der Waals surface area contributed by atoms with E-state index < -0.39 is 0 Å². The van der Waals surface area contributed by atoms with Crippen molar-refractivity contribution in [1.29, 1.82) is 0 Å². The van der Waals surface area contributed by atoms with Crippen LogP contribution in [0, 0.1) is 6.92 Å². The Balaban J connectivity index is 1.57. The molecule has 4 aromatic rings. The van der Waals surface area contributed by atoms with Crippen LogP contribution >= 0.6 is 0 Å². The summed E-state index contributed by atoms with van der Waals surface area (Å²) in [6.07, 6.45) is 8.29. The molecule has 0 radical (unpaired) electrons. The van der Waals surface area contributed by atoms with Crippen molar-refractivity contribution in [3.8, 4) is 0 Å². The van der Waals surface area contributed by atoms with Crippen LogP contribution in [0.3, 0.4) is 0 Å². The molecule has 1 aromatic carbocycles. The molecule has 7 nitrogen and oxygen atoms in total. The van der Waals surface area contributed by atoms with Crippen LogP contribution in [0.5, 0.6) is 0 Å². The Morgan fingerprint density at radius 2 is 1.96 bits per heavy atom. The Hall–Kier alpha value is -3.35. The molecule has 1 aliphatic carbocycles. The molecule has 140 valence electrons. The van der Waals surface area contributed by atoms with Crippen molar-refractivity contribution in [1.82, 2.24) is 24.7 Å². The van der Waals surface area contributed by atoms with E-state index in [0.717, 1.165) is 35.0 Å². The maximum absolute atomic E-state index is 12.8. The number of carbonyl (C=O) groups excluding carboxylic acids is 1. The van der Waals surface area contributed by atoms with E-state index in [0.29, 0.717) is 22.9 Å². The third-order valence-electron chi connectivity index (χ3n) is 5.43. The molecular formula is C21H20N6O. The second-order valence-corrected chi connectivity index (χ2v) is 7.34. The van der Waals surface area contributed by atoms with Gasteiger partial charge in [0.15, 0.2) is 0 Å². The van der Waals surface area contributed by atoms with Gasteiger partial charge in [-0.25, -0.2) is 4.98 Å². The number of nitrogens with one attached hydrogen (secondary N) is 1. The highest BCUT2D eigenvalue weighted by atomic mass is 16.1. The quantitative estimate of drug-likeness (QED) is 0.586. The van der Waals surface area contributed by atoms with Gasteiger partial charge in [0.1, 0.15) is 0 Å². The number of carbonyl (C=O) groups is 1. The van der Waals surface area contributed by atoms with Crippen molar-refractivity contribution in [2.75, 3.05) is 5.32 Å². The molecular weight excluding hydrogens is 352 g/mol. The fourth-order valence-electron chi connectivity index (χ4n) is 3.94. The van der Waals surface area contributed by atoms with Gasteiger partial charge in [-0.3, -0.25) is 9.78 Å². The monoisotopic (exact) mass is 372 g/mol. The molecule has 3 aromatic heterocycles. The zero-order valence-electron chi connectivity index (χ0n) is 15.6. The highest BCUT2D eigenvalue weighted by molar-refractivity contribution is 6.09. The second-order valence-electron chi connectivity index (χ2n) is 7.34. The fraction of sp³-hybridized carbons (Fsp3) is 0.286. The van der Waals surface area contributed by atoms with Crippen molar-refractivity contribution in [2.45, 2.75) is 38.6 Å². The molecule has 0 atom stereocenters. The number of imidazole rings is 1. The van der Waals surface area contributed by atoms with Gasteiger partial charge < -0.3 is 9.88 Å². The van der Waals surface area contributed by atoms with E-state index >= 15 is 0 Å². The number of aryl methyl sites for hydroxylation is 1. The molecule has 1 N–H and O–H groups in total. The number of rotatable bonds is 3. The summed E-state index contributed by atoms with van der Waals surface area (Å²) in [5.74, 6) is -0.176. The van der Waals surface area contributed by atoms with Crippen molar-refractivity contribution >= 4 is 33.7 Å². The van der Waals surface area contributed by atoms with Gasteiger partial charge in [-0.15, -0.1) is 10.2 Å². The lowest BCUT2D eigenvalue weighted by Crippen LogP contribution is -2.12. The average Bonchev–Trinajstić information content (AvgIpc) is 3.38. The zero-order chi connectivity index (χ0) is 19.1. The molecule has 1 fully saturated rings. The summed E-state index contributed by atoms with van der Waals surface area (Å²) < 4.78 is 2.21. The van der Waals surface area contributed by atoms with Gasteiger partial charge in [0, 0.05) is 22.7 Å². The standard InChI is InChI=1S/C21H20N6O/c1-13-6-8-15(11-22-13)24-21(28)14-7-9-18-17(10-14)19-20(26-25-18)23-12-27(19)16-4-2-3-5-16/h6-12,16H,2-5H2,1H3,(H,24,28). The van der Waals surface area contributed by atoms with Crippen molar-refractivity contribution in [3.63, 3.8) is 0 Å². The number of aromatic nitrogens is 5. The summed E-state index contributed by atoms with van der Waals surface area (Å²) in [7, 11) is 0. The molecule has 28 heavy (non-hydrogen) atoms. The minimum atomic E-state index is -0.176. The second kappa shape index (κ2) is 6.67. The van der Waals surface area contributed by atoms with Gasteiger partial charge in [-0.05, 0) is 50.1 Å². The third-order valence-corrected chi connectivity index (χ3v) is 5.43. The van der Waals surface area contributed by atoms with Gasteiger partial charge in [0.25, 0.3) is 5.91 Å². The number of amides is 1. The van der Waals surface area contributed by atoms with Gasteiger partial charge in [-0.2, -0.15) is 0 Å². The summed E-state index contributed by atoms with van der Waals surface area (Å²) in [5, 5.41) is 12.3. The first-order valence-corrected chi connectivity index (χ1v) is 9.56. The molecule has 1 saturated carbocycles. The van der Waals surface area contributed by atoms with E-state index in [9.17, 15) is 4.79 Å². The highest BCUT2D eigenvalue weighted by Crippen LogP contribution is 2.33. The molecule has 0 saturated heterocycles. The van der Waals surface area contributed by atoms with Crippen molar-refractivity contribution in [2.24, 2.45) is 0 Å². The number of hydrogen-bond acceptors (Lipinski definition) is 5. The summed E-state index contributed by atoms with van der Waals surface area (Å²) in [4.78, 5) is 21.4. The van der Waals surface area contributed by atoms with Crippen LogP contribution in [0.25, 0.3) is 22.1 Å². The van der Waals surface area contributed by atoms with E-state index in [1.165, 1.54) is 12.8 Å². The number of anilines is 1. The minimum Gasteiger partial charge on any atom is -0.325 e. The van der Waals surface area contributed by atoms with Crippen LogP contribution in [0.4, 0.5) is 5.69 Å². The smallest absolute Gasteiger partial charge is 0.255 e. The Labute approximate surface area is 161 Å². The molecule has 7 heteroatoms. The number of hydrogen-bond donors (Lipinski definition) is 1. The van der Waals surface area contributed by atoms with Crippen LogP contribution in [0.2, 0.25) is 0 Å². The lowest BCUT2D eigenvalue weighted by Gasteiger charge is -2.13. The predicted molar refractivity (Wildman–Crippen MR) is 107 cm³/mol. The van der Waals surface area contributed by atoms with E-state index in [1.54, 1.807) is 12.3 Å².